The van der Waals surface area contributed by atoms with Crippen molar-refractivity contribution in [2.75, 3.05) is 6.61 Å². The summed E-state index contributed by atoms with van der Waals surface area (Å²) in [6.45, 7) is -0.829. The van der Waals surface area contributed by atoms with E-state index in [1.165, 1.54) is 0 Å². The zero-order valence-corrected chi connectivity index (χ0v) is 10.1. The van der Waals surface area contributed by atoms with Gasteiger partial charge in [0, 0.05) is 19.5 Å². The van der Waals surface area contributed by atoms with Gasteiger partial charge in [0.2, 0.25) is 0 Å². The Bertz CT molecular complexity index is 226. The molecule has 8 heteroatoms. The molecule has 0 saturated heterocycles. The second-order valence-corrected chi connectivity index (χ2v) is 2.13. The maximum atomic E-state index is 10.3. The minimum Gasteiger partial charge on any atom is -0.481 e. The van der Waals surface area contributed by atoms with Gasteiger partial charge in [-0.2, -0.15) is 0 Å². The molecule has 7 nitrogen and oxygen atoms in total. The summed E-state index contributed by atoms with van der Waals surface area (Å²) in [5.74, 6) is -4.21. The summed E-state index contributed by atoms with van der Waals surface area (Å²) < 4.78 is 4.30. The minimum atomic E-state index is -1.62. The average Bonchev–Trinajstić information content (AvgIpc) is 1.96. The quantitative estimate of drug-likeness (QED) is 0.522. The van der Waals surface area contributed by atoms with E-state index in [9.17, 15) is 14.4 Å². The van der Waals surface area contributed by atoms with E-state index in [0.717, 1.165) is 0 Å². The van der Waals surface area contributed by atoms with Crippen molar-refractivity contribution < 1.29 is 53.9 Å². The summed E-state index contributed by atoms with van der Waals surface area (Å²) >= 11 is 0. The third kappa shape index (κ3) is 7.63. The van der Waals surface area contributed by atoms with Crippen LogP contribution in [-0.4, -0.2) is 45.9 Å². The predicted molar refractivity (Wildman–Crippen MR) is 37.3 cm³/mol. The van der Waals surface area contributed by atoms with Crippen molar-refractivity contribution in [3.63, 3.8) is 0 Å². The van der Waals surface area contributed by atoms with E-state index < -0.39 is 37.0 Å². The molecule has 0 saturated carbocycles. The van der Waals surface area contributed by atoms with Gasteiger partial charge in [0.1, 0.15) is 6.61 Å². The van der Waals surface area contributed by atoms with Crippen molar-refractivity contribution in [1.82, 2.24) is 0 Å². The van der Waals surface area contributed by atoms with Crippen molar-refractivity contribution in [2.24, 2.45) is 0 Å². The van der Waals surface area contributed by atoms with Crippen molar-refractivity contribution in [2.45, 2.75) is 12.5 Å². The van der Waals surface area contributed by atoms with E-state index in [0.29, 0.717) is 0 Å². The molecule has 76 valence electrons. The fraction of sp³-hybridized carbons (Fsp3) is 0.500. The third-order valence-electron chi connectivity index (χ3n) is 1.04. The molecule has 0 fully saturated rings. The molecule has 0 aromatic heterocycles. The van der Waals surface area contributed by atoms with E-state index in [2.05, 4.69) is 4.74 Å². The second kappa shape index (κ2) is 7.40. The number of hydrogen-bond donors (Lipinski definition) is 3. The minimum absolute atomic E-state index is 0. The van der Waals surface area contributed by atoms with Crippen LogP contribution in [0.4, 0.5) is 0 Å². The average molecular weight is 258 g/mol. The smallest absolute Gasteiger partial charge is 0.333 e. The van der Waals surface area contributed by atoms with Gasteiger partial charge in [-0.3, -0.25) is 4.79 Å². The number of carbonyl (C=O) groups is 3. The van der Waals surface area contributed by atoms with Crippen molar-refractivity contribution in [3.8, 4) is 0 Å². The Morgan fingerprint density at radius 1 is 1.07 bits per heavy atom. The molecule has 0 aromatic carbocycles. The predicted octanol–water partition coefficient (Wildman–Crippen LogP) is -0.987. The zero-order valence-electron chi connectivity index (χ0n) is 7.17. The van der Waals surface area contributed by atoms with Gasteiger partial charge in [0.25, 0.3) is 0 Å². The number of carboxylic acid groups (broad SMARTS) is 3. The van der Waals surface area contributed by atoms with E-state index in [4.69, 9.17) is 15.3 Å². The third-order valence-corrected chi connectivity index (χ3v) is 1.04. The molecule has 0 aliphatic heterocycles. The number of carboxylic acids is 3. The number of ether oxygens (including phenoxy) is 1. The van der Waals surface area contributed by atoms with Gasteiger partial charge >= 0.3 is 17.9 Å². The standard InChI is InChI=1S/C6H8O7.Zn/c7-4(8)1-3(6(11)12)13-2-5(9)10;/h3H,1-2H2,(H,7,8)(H,9,10)(H,11,12);. The molecule has 1 atom stereocenters. The Hall–Kier alpha value is -1.01. The van der Waals surface area contributed by atoms with Crippen LogP contribution >= 0.6 is 0 Å². The van der Waals surface area contributed by atoms with E-state index in [1.807, 2.05) is 0 Å². The molecule has 0 aromatic rings. The van der Waals surface area contributed by atoms with Crippen LogP contribution in [0.25, 0.3) is 0 Å². The molecule has 0 aliphatic rings. The normalized spacial score (nSPS) is 11.1. The number of hydrogen-bond acceptors (Lipinski definition) is 4. The molecule has 0 radical (unpaired) electrons. The Morgan fingerprint density at radius 3 is 1.86 bits per heavy atom. The topological polar surface area (TPSA) is 121 Å². The van der Waals surface area contributed by atoms with Crippen LogP contribution in [0.2, 0.25) is 0 Å². The van der Waals surface area contributed by atoms with Crippen molar-refractivity contribution in [3.05, 3.63) is 0 Å². The van der Waals surface area contributed by atoms with Crippen LogP contribution in [0, 0.1) is 0 Å². The Morgan fingerprint density at radius 2 is 1.57 bits per heavy atom. The maximum Gasteiger partial charge on any atom is 0.333 e. The summed E-state index contributed by atoms with van der Waals surface area (Å²) in [6, 6.07) is 0. The molecule has 1 unspecified atom stereocenters. The molecule has 3 N–H and O–H groups in total. The van der Waals surface area contributed by atoms with Gasteiger partial charge in [0.15, 0.2) is 6.10 Å². The molecule has 14 heavy (non-hydrogen) atoms. The van der Waals surface area contributed by atoms with Gasteiger partial charge in [-0.15, -0.1) is 0 Å². The molecule has 0 spiro atoms. The van der Waals surface area contributed by atoms with E-state index in [1.54, 1.807) is 0 Å². The molecule has 0 rings (SSSR count). The van der Waals surface area contributed by atoms with Crippen LogP contribution in [0.1, 0.15) is 6.42 Å². The summed E-state index contributed by atoms with van der Waals surface area (Å²) in [6.07, 6.45) is -2.38. The monoisotopic (exact) mass is 256 g/mol. The van der Waals surface area contributed by atoms with Crippen molar-refractivity contribution in [1.29, 1.82) is 0 Å². The van der Waals surface area contributed by atoms with Crippen LogP contribution in [-0.2, 0) is 38.6 Å². The fourth-order valence-corrected chi connectivity index (χ4v) is 0.548. The Labute approximate surface area is 91.4 Å². The largest absolute Gasteiger partial charge is 0.481 e. The first-order valence-electron chi connectivity index (χ1n) is 3.21. The summed E-state index contributed by atoms with van der Waals surface area (Å²) in [7, 11) is 0. The van der Waals surface area contributed by atoms with Gasteiger partial charge < -0.3 is 20.1 Å². The van der Waals surface area contributed by atoms with Gasteiger partial charge in [-0.05, 0) is 0 Å². The van der Waals surface area contributed by atoms with Gasteiger partial charge in [0.05, 0.1) is 6.42 Å². The molecule has 0 bridgehead atoms. The summed E-state index contributed by atoms with van der Waals surface area (Å²) in [4.78, 5) is 30.3. The fourth-order valence-electron chi connectivity index (χ4n) is 0.548. The Balaban J connectivity index is 0. The first-order valence-corrected chi connectivity index (χ1v) is 3.21. The van der Waals surface area contributed by atoms with Gasteiger partial charge in [-0.25, -0.2) is 9.59 Å². The Kier molecular flexibility index (Phi) is 8.18. The first-order chi connectivity index (χ1) is 5.93. The summed E-state index contributed by atoms with van der Waals surface area (Å²) in [5.41, 5.74) is 0. The molecular formula is C6H8O7Zn. The molecule has 0 aliphatic carbocycles. The van der Waals surface area contributed by atoms with Crippen LogP contribution in [0.5, 0.6) is 0 Å². The molecule has 0 amide bonds. The van der Waals surface area contributed by atoms with Crippen LogP contribution in [0.3, 0.4) is 0 Å². The first kappa shape index (κ1) is 15.5. The van der Waals surface area contributed by atoms with Crippen LogP contribution < -0.4 is 0 Å². The zero-order chi connectivity index (χ0) is 10.4. The SMILES string of the molecule is O=C(O)COC(CC(=O)O)C(=O)O.[Zn]. The molecular weight excluding hydrogens is 249 g/mol. The van der Waals surface area contributed by atoms with E-state index in [-0.39, 0.29) is 19.5 Å². The maximum absolute atomic E-state index is 10.3. The van der Waals surface area contributed by atoms with E-state index >= 15 is 0 Å². The van der Waals surface area contributed by atoms with Crippen molar-refractivity contribution >= 4 is 17.9 Å². The second-order valence-electron chi connectivity index (χ2n) is 2.13. The molecule has 0 heterocycles. The summed E-state index contributed by atoms with van der Waals surface area (Å²) in [5, 5.41) is 24.7. The van der Waals surface area contributed by atoms with Crippen LogP contribution in [0.15, 0.2) is 0 Å². The number of rotatable bonds is 6. The van der Waals surface area contributed by atoms with Gasteiger partial charge in [-0.1, -0.05) is 0 Å². The number of aliphatic carboxylic acids is 3.